The molecule has 1 aromatic carbocycles. The summed E-state index contributed by atoms with van der Waals surface area (Å²) >= 11 is 0. The highest BCUT2D eigenvalue weighted by molar-refractivity contribution is 5.93. The first-order valence-corrected chi connectivity index (χ1v) is 9.31. The van der Waals surface area contributed by atoms with Crippen molar-refractivity contribution in [1.82, 2.24) is 10.2 Å². The molecule has 26 heavy (non-hydrogen) atoms. The number of methoxy groups -OCH3 is 2. The summed E-state index contributed by atoms with van der Waals surface area (Å²) in [5, 5.41) is 6.87. The van der Waals surface area contributed by atoms with E-state index in [-0.39, 0.29) is 5.54 Å². The minimum absolute atomic E-state index is 0.173. The molecular weight excluding hydrogens is 328 g/mol. The van der Waals surface area contributed by atoms with Crippen LogP contribution in [-0.2, 0) is 0 Å². The lowest BCUT2D eigenvalue weighted by Gasteiger charge is -2.45. The highest BCUT2D eigenvalue weighted by Gasteiger charge is 2.36. The van der Waals surface area contributed by atoms with E-state index in [4.69, 9.17) is 9.47 Å². The first-order chi connectivity index (χ1) is 12.4. The molecule has 2 atom stereocenters. The Morgan fingerprint density at radius 3 is 2.58 bits per heavy atom. The fourth-order valence-electron chi connectivity index (χ4n) is 3.84. The van der Waals surface area contributed by atoms with Crippen LogP contribution in [0.15, 0.2) is 23.2 Å². The van der Waals surface area contributed by atoms with Gasteiger partial charge in [0.15, 0.2) is 17.5 Å². The van der Waals surface area contributed by atoms with Crippen LogP contribution in [-0.4, -0.2) is 58.3 Å². The second-order valence-corrected chi connectivity index (χ2v) is 7.44. The molecule has 2 unspecified atom stereocenters. The summed E-state index contributed by atoms with van der Waals surface area (Å²) in [7, 11) is 9.44. The summed E-state index contributed by atoms with van der Waals surface area (Å²) in [5.41, 5.74) is 1.08. The van der Waals surface area contributed by atoms with Crippen LogP contribution in [0.4, 0.5) is 5.69 Å². The largest absolute Gasteiger partial charge is 0.493 e. The first-order valence-electron chi connectivity index (χ1n) is 9.31. The van der Waals surface area contributed by atoms with Crippen LogP contribution in [0.2, 0.25) is 0 Å². The van der Waals surface area contributed by atoms with Gasteiger partial charge in [-0.15, -0.1) is 0 Å². The van der Waals surface area contributed by atoms with Crippen molar-refractivity contribution in [3.05, 3.63) is 18.2 Å². The lowest BCUT2D eigenvalue weighted by Crippen LogP contribution is -2.55. The number of rotatable bonds is 6. The third-order valence-electron chi connectivity index (χ3n) is 5.47. The highest BCUT2D eigenvalue weighted by atomic mass is 16.5. The van der Waals surface area contributed by atoms with E-state index in [1.807, 2.05) is 18.2 Å². The number of nitrogens with one attached hydrogen (secondary N) is 2. The smallest absolute Gasteiger partial charge is 0.195 e. The normalized spacial score (nSPS) is 23.7. The third-order valence-corrected chi connectivity index (χ3v) is 5.47. The van der Waals surface area contributed by atoms with E-state index < -0.39 is 0 Å². The van der Waals surface area contributed by atoms with Gasteiger partial charge in [0.25, 0.3) is 0 Å². The molecule has 1 aromatic rings. The zero-order valence-corrected chi connectivity index (χ0v) is 17.1. The fourth-order valence-corrected chi connectivity index (χ4v) is 3.84. The molecule has 6 heteroatoms. The molecule has 2 rings (SSSR count). The van der Waals surface area contributed by atoms with Gasteiger partial charge in [-0.25, -0.2) is 0 Å². The molecule has 1 fully saturated rings. The van der Waals surface area contributed by atoms with Gasteiger partial charge < -0.3 is 25.0 Å². The summed E-state index contributed by atoms with van der Waals surface area (Å²) in [6.07, 6.45) is 5.03. The van der Waals surface area contributed by atoms with Gasteiger partial charge in [0.1, 0.15) is 0 Å². The fraction of sp³-hybridized carbons (Fsp3) is 0.650. The predicted molar refractivity (Wildman–Crippen MR) is 109 cm³/mol. The lowest BCUT2D eigenvalue weighted by molar-refractivity contribution is 0.0798. The standard InChI is InChI=1S/C20H34N4O2/c1-15-8-7-11-20(13-15,24(3)4)14-22-19(21-2)23-16-9-10-17(25-5)18(12-16)26-6/h9-10,12,15H,7-8,11,13-14H2,1-6H3,(H2,21,22,23). The number of hydrogen-bond acceptors (Lipinski definition) is 4. The Labute approximate surface area is 158 Å². The number of benzene rings is 1. The van der Waals surface area contributed by atoms with Gasteiger partial charge in [-0.05, 0) is 45.0 Å². The van der Waals surface area contributed by atoms with E-state index in [2.05, 4.69) is 41.5 Å². The number of likely N-dealkylation sites (N-methyl/N-ethyl adjacent to an activating group) is 1. The molecule has 1 aliphatic rings. The van der Waals surface area contributed by atoms with E-state index in [1.54, 1.807) is 21.3 Å². The molecule has 0 aliphatic heterocycles. The lowest BCUT2D eigenvalue weighted by atomic mass is 9.75. The minimum atomic E-state index is 0.173. The van der Waals surface area contributed by atoms with Crippen LogP contribution in [0.25, 0.3) is 0 Å². The molecule has 0 saturated heterocycles. The quantitative estimate of drug-likeness (QED) is 0.601. The number of aliphatic imine (C=N–C) groups is 1. The number of ether oxygens (including phenoxy) is 2. The molecule has 6 nitrogen and oxygen atoms in total. The topological polar surface area (TPSA) is 58.1 Å². The van der Waals surface area contributed by atoms with Crippen LogP contribution in [0.3, 0.4) is 0 Å². The molecule has 0 radical (unpaired) electrons. The Bertz CT molecular complexity index is 618. The SMILES string of the molecule is CN=C(NCC1(N(C)C)CCCC(C)C1)Nc1ccc(OC)c(OC)c1. The van der Waals surface area contributed by atoms with Gasteiger partial charge in [0.05, 0.1) is 14.2 Å². The monoisotopic (exact) mass is 362 g/mol. The maximum Gasteiger partial charge on any atom is 0.195 e. The highest BCUT2D eigenvalue weighted by Crippen LogP contribution is 2.35. The van der Waals surface area contributed by atoms with Crippen molar-refractivity contribution in [2.45, 2.75) is 38.1 Å². The van der Waals surface area contributed by atoms with Crippen molar-refractivity contribution in [1.29, 1.82) is 0 Å². The summed E-state index contributed by atoms with van der Waals surface area (Å²) in [5.74, 6) is 2.92. The molecule has 1 saturated carbocycles. The Hall–Kier alpha value is -1.95. The average molecular weight is 363 g/mol. The van der Waals surface area contributed by atoms with Gasteiger partial charge in [-0.2, -0.15) is 0 Å². The van der Waals surface area contributed by atoms with Gasteiger partial charge in [-0.3, -0.25) is 4.99 Å². The number of nitrogens with zero attached hydrogens (tertiary/aromatic N) is 2. The van der Waals surface area contributed by atoms with Gasteiger partial charge in [-0.1, -0.05) is 19.8 Å². The van der Waals surface area contributed by atoms with Crippen LogP contribution in [0.5, 0.6) is 11.5 Å². The van der Waals surface area contributed by atoms with Crippen molar-refractivity contribution < 1.29 is 9.47 Å². The molecule has 146 valence electrons. The molecular formula is C20H34N4O2. The van der Waals surface area contributed by atoms with Gasteiger partial charge in [0.2, 0.25) is 0 Å². The minimum Gasteiger partial charge on any atom is -0.493 e. The zero-order chi connectivity index (χ0) is 19.2. The van der Waals surface area contributed by atoms with Crippen LogP contribution < -0.4 is 20.1 Å². The maximum atomic E-state index is 5.37. The van der Waals surface area contributed by atoms with E-state index in [0.29, 0.717) is 11.5 Å². The van der Waals surface area contributed by atoms with Crippen LogP contribution >= 0.6 is 0 Å². The van der Waals surface area contributed by atoms with Crippen LogP contribution in [0, 0.1) is 5.92 Å². The first kappa shape index (κ1) is 20.4. The van der Waals surface area contributed by atoms with Crippen molar-refractivity contribution in [3.8, 4) is 11.5 Å². The van der Waals surface area contributed by atoms with Crippen molar-refractivity contribution in [2.24, 2.45) is 10.9 Å². The molecule has 0 aromatic heterocycles. The Balaban J connectivity index is 2.05. The predicted octanol–water partition coefficient (Wildman–Crippen LogP) is 3.20. The Morgan fingerprint density at radius 1 is 1.27 bits per heavy atom. The van der Waals surface area contributed by atoms with Gasteiger partial charge in [0, 0.05) is 30.9 Å². The number of anilines is 1. The molecule has 0 bridgehead atoms. The summed E-state index contributed by atoms with van der Waals surface area (Å²) in [6, 6.07) is 5.76. The average Bonchev–Trinajstić information content (AvgIpc) is 2.64. The zero-order valence-electron chi connectivity index (χ0n) is 17.1. The van der Waals surface area contributed by atoms with Crippen LogP contribution in [0.1, 0.15) is 32.6 Å². The molecule has 0 amide bonds. The van der Waals surface area contributed by atoms with Crippen molar-refractivity contribution in [3.63, 3.8) is 0 Å². The number of hydrogen-bond donors (Lipinski definition) is 2. The van der Waals surface area contributed by atoms with Crippen molar-refractivity contribution in [2.75, 3.05) is 47.2 Å². The molecule has 0 spiro atoms. The van der Waals surface area contributed by atoms with E-state index in [0.717, 1.165) is 24.1 Å². The number of guanidine groups is 1. The summed E-state index contributed by atoms with van der Waals surface area (Å²) in [6.45, 7) is 3.23. The third kappa shape index (κ3) is 4.81. The second kappa shape index (κ2) is 9.12. The second-order valence-electron chi connectivity index (χ2n) is 7.44. The van der Waals surface area contributed by atoms with E-state index in [9.17, 15) is 0 Å². The van der Waals surface area contributed by atoms with E-state index >= 15 is 0 Å². The maximum absolute atomic E-state index is 5.37. The van der Waals surface area contributed by atoms with Crippen molar-refractivity contribution >= 4 is 11.6 Å². The molecule has 1 aliphatic carbocycles. The Kier molecular flexibility index (Phi) is 7.14. The molecule has 0 heterocycles. The van der Waals surface area contributed by atoms with E-state index in [1.165, 1.54) is 25.7 Å². The summed E-state index contributed by atoms with van der Waals surface area (Å²) in [4.78, 5) is 6.75. The Morgan fingerprint density at radius 2 is 2.00 bits per heavy atom. The van der Waals surface area contributed by atoms with Gasteiger partial charge >= 0.3 is 0 Å². The summed E-state index contributed by atoms with van der Waals surface area (Å²) < 4.78 is 10.7. The molecule has 2 N–H and O–H groups in total.